The highest BCUT2D eigenvalue weighted by molar-refractivity contribution is 6.37. The number of carbonyl (C=O) groups is 2. The third-order valence-corrected chi connectivity index (χ3v) is 5.13. The lowest BCUT2D eigenvalue weighted by Crippen LogP contribution is -2.46. The van der Waals surface area contributed by atoms with Crippen LogP contribution in [0.5, 0.6) is 5.75 Å². The van der Waals surface area contributed by atoms with Crippen molar-refractivity contribution >= 4 is 35.0 Å². The molecule has 1 fully saturated rings. The van der Waals surface area contributed by atoms with E-state index in [4.69, 9.17) is 27.9 Å². The van der Waals surface area contributed by atoms with E-state index in [0.29, 0.717) is 41.5 Å². The fourth-order valence-corrected chi connectivity index (χ4v) is 3.55. The van der Waals surface area contributed by atoms with Gasteiger partial charge in [-0.25, -0.2) is 0 Å². The van der Waals surface area contributed by atoms with Gasteiger partial charge < -0.3 is 15.0 Å². The molecule has 0 unspecified atom stereocenters. The second-order valence-corrected chi connectivity index (χ2v) is 7.03. The maximum absolute atomic E-state index is 12.9. The second-order valence-electron chi connectivity index (χ2n) is 6.22. The summed E-state index contributed by atoms with van der Waals surface area (Å²) in [6, 6.07) is 6.62. The van der Waals surface area contributed by atoms with Gasteiger partial charge in [-0.2, -0.15) is 0 Å². The maximum atomic E-state index is 12.9. The summed E-state index contributed by atoms with van der Waals surface area (Å²) in [5, 5.41) is 3.62. The Morgan fingerprint density at radius 1 is 1.19 bits per heavy atom. The fourth-order valence-electron chi connectivity index (χ4n) is 3.08. The molecule has 1 saturated heterocycles. The molecule has 1 aromatic heterocycles. The number of rotatable bonds is 4. The lowest BCUT2D eigenvalue weighted by Gasteiger charge is -2.33. The van der Waals surface area contributed by atoms with Crippen molar-refractivity contribution in [3.8, 4) is 5.75 Å². The van der Waals surface area contributed by atoms with E-state index in [2.05, 4.69) is 10.3 Å². The van der Waals surface area contributed by atoms with Gasteiger partial charge in [0, 0.05) is 31.5 Å². The number of hydrogen-bond acceptors (Lipinski definition) is 4. The molecule has 1 aromatic carbocycles. The van der Waals surface area contributed by atoms with Crippen molar-refractivity contribution in [3.05, 3.63) is 57.8 Å². The number of hydrogen-bond donors (Lipinski definition) is 1. The number of aromatic nitrogens is 1. The Morgan fingerprint density at radius 3 is 2.52 bits per heavy atom. The summed E-state index contributed by atoms with van der Waals surface area (Å²) in [5.41, 5.74) is 0.788. The Morgan fingerprint density at radius 2 is 1.89 bits per heavy atom. The van der Waals surface area contributed by atoms with Crippen LogP contribution in [0.4, 0.5) is 0 Å². The molecule has 0 saturated carbocycles. The normalized spacial score (nSPS) is 14.7. The molecule has 142 valence electrons. The minimum absolute atomic E-state index is 0.00140. The third-order valence-electron chi connectivity index (χ3n) is 4.52. The first-order chi connectivity index (χ1) is 13.0. The Balaban J connectivity index is 1.64. The number of pyridine rings is 1. The monoisotopic (exact) mass is 407 g/mol. The van der Waals surface area contributed by atoms with E-state index < -0.39 is 0 Å². The minimum Gasteiger partial charge on any atom is -0.494 e. The van der Waals surface area contributed by atoms with E-state index in [1.807, 2.05) is 0 Å². The highest BCUT2D eigenvalue weighted by Crippen LogP contribution is 2.35. The van der Waals surface area contributed by atoms with Gasteiger partial charge in [0.2, 0.25) is 0 Å². The number of ether oxygens (including phenoxy) is 1. The summed E-state index contributed by atoms with van der Waals surface area (Å²) in [6.07, 6.45) is 4.45. The maximum Gasteiger partial charge on any atom is 0.259 e. The lowest BCUT2D eigenvalue weighted by molar-refractivity contribution is 0.0695. The highest BCUT2D eigenvalue weighted by Gasteiger charge is 2.28. The first-order valence-electron chi connectivity index (χ1n) is 8.53. The molecule has 3 rings (SSSR count). The van der Waals surface area contributed by atoms with Crippen molar-refractivity contribution in [2.75, 3.05) is 20.2 Å². The molecule has 1 aliphatic rings. The average Bonchev–Trinajstić information content (AvgIpc) is 2.70. The second kappa shape index (κ2) is 8.59. The first-order valence-corrected chi connectivity index (χ1v) is 9.29. The van der Waals surface area contributed by atoms with Gasteiger partial charge in [0.05, 0.1) is 22.7 Å². The summed E-state index contributed by atoms with van der Waals surface area (Å²) in [5.74, 6) is -0.106. The van der Waals surface area contributed by atoms with Crippen LogP contribution in [0.15, 0.2) is 36.7 Å². The van der Waals surface area contributed by atoms with Crippen molar-refractivity contribution < 1.29 is 14.3 Å². The zero-order valence-corrected chi connectivity index (χ0v) is 16.3. The van der Waals surface area contributed by atoms with Gasteiger partial charge in [-0.15, -0.1) is 0 Å². The summed E-state index contributed by atoms with van der Waals surface area (Å²) < 4.78 is 5.26. The van der Waals surface area contributed by atoms with Gasteiger partial charge >= 0.3 is 0 Å². The summed E-state index contributed by atoms with van der Waals surface area (Å²) in [7, 11) is 1.45. The minimum atomic E-state index is -0.226. The molecular formula is C19H19Cl2N3O3. The number of likely N-dealkylation sites (tertiary alicyclic amines) is 1. The summed E-state index contributed by atoms with van der Waals surface area (Å²) in [4.78, 5) is 30.8. The zero-order chi connectivity index (χ0) is 19.4. The van der Waals surface area contributed by atoms with E-state index in [-0.39, 0.29) is 29.2 Å². The van der Waals surface area contributed by atoms with Crippen LogP contribution in [0.3, 0.4) is 0 Å². The van der Waals surface area contributed by atoms with Crippen LogP contribution in [-0.2, 0) is 0 Å². The van der Waals surface area contributed by atoms with Crippen molar-refractivity contribution in [1.29, 1.82) is 0 Å². The molecule has 6 nitrogen and oxygen atoms in total. The molecule has 1 N–H and O–H groups in total. The number of piperidine rings is 1. The SMILES string of the molecule is COc1c(Cl)ccc(Cl)c1C(=O)N1CCC(NC(=O)c2cccnc2)CC1. The zero-order valence-electron chi connectivity index (χ0n) is 14.7. The predicted molar refractivity (Wildman–Crippen MR) is 104 cm³/mol. The topological polar surface area (TPSA) is 71.5 Å². The molecule has 2 aromatic rings. The molecule has 0 radical (unpaired) electrons. The third kappa shape index (κ3) is 4.34. The van der Waals surface area contributed by atoms with Crippen LogP contribution < -0.4 is 10.1 Å². The Kier molecular flexibility index (Phi) is 6.19. The van der Waals surface area contributed by atoms with Crippen LogP contribution in [0, 0.1) is 0 Å². The molecular weight excluding hydrogens is 389 g/mol. The molecule has 0 aliphatic carbocycles. The number of nitrogens with one attached hydrogen (secondary N) is 1. The highest BCUT2D eigenvalue weighted by atomic mass is 35.5. The molecule has 27 heavy (non-hydrogen) atoms. The van der Waals surface area contributed by atoms with Gasteiger partial charge in [0.1, 0.15) is 5.56 Å². The molecule has 0 atom stereocenters. The van der Waals surface area contributed by atoms with E-state index in [1.54, 1.807) is 35.4 Å². The van der Waals surface area contributed by atoms with Crippen LogP contribution in [0.1, 0.15) is 33.6 Å². The van der Waals surface area contributed by atoms with Crippen molar-refractivity contribution in [3.63, 3.8) is 0 Å². The number of halogens is 2. The fraction of sp³-hybridized carbons (Fsp3) is 0.316. The molecule has 1 aliphatic heterocycles. The van der Waals surface area contributed by atoms with E-state index >= 15 is 0 Å². The average molecular weight is 408 g/mol. The van der Waals surface area contributed by atoms with Crippen molar-refractivity contribution in [2.45, 2.75) is 18.9 Å². The van der Waals surface area contributed by atoms with Gasteiger partial charge in [-0.1, -0.05) is 23.2 Å². The van der Waals surface area contributed by atoms with Crippen molar-refractivity contribution in [1.82, 2.24) is 15.2 Å². The number of amides is 2. The standard InChI is InChI=1S/C19H19Cl2N3O3/c1-27-17-15(21)5-4-14(20)16(17)19(26)24-9-6-13(7-10-24)23-18(25)12-3-2-8-22-11-12/h2-5,8,11,13H,6-7,9-10H2,1H3,(H,23,25). The summed E-state index contributed by atoms with van der Waals surface area (Å²) >= 11 is 12.3. The Hall–Kier alpha value is -2.31. The molecule has 0 spiro atoms. The van der Waals surface area contributed by atoms with Crippen LogP contribution in [0.2, 0.25) is 10.0 Å². The van der Waals surface area contributed by atoms with Crippen molar-refractivity contribution in [2.24, 2.45) is 0 Å². The van der Waals surface area contributed by atoms with Gasteiger partial charge in [0.25, 0.3) is 11.8 Å². The van der Waals surface area contributed by atoms with Crippen LogP contribution >= 0.6 is 23.2 Å². The number of nitrogens with zero attached hydrogens (tertiary/aromatic N) is 2. The molecule has 8 heteroatoms. The Bertz CT molecular complexity index is 838. The van der Waals surface area contributed by atoms with Crippen LogP contribution in [0.25, 0.3) is 0 Å². The van der Waals surface area contributed by atoms with Crippen LogP contribution in [-0.4, -0.2) is 47.9 Å². The first kappa shape index (κ1) is 19.5. The summed E-state index contributed by atoms with van der Waals surface area (Å²) in [6.45, 7) is 1.01. The number of methoxy groups -OCH3 is 1. The van der Waals surface area contributed by atoms with Gasteiger partial charge in [-0.3, -0.25) is 14.6 Å². The molecule has 2 amide bonds. The largest absolute Gasteiger partial charge is 0.494 e. The Labute approximate surface area is 167 Å². The van der Waals surface area contributed by atoms with Gasteiger partial charge in [0.15, 0.2) is 5.75 Å². The number of carbonyl (C=O) groups excluding carboxylic acids is 2. The number of benzene rings is 1. The van der Waals surface area contributed by atoms with Gasteiger partial charge in [-0.05, 0) is 37.1 Å². The molecule has 0 bridgehead atoms. The van der Waals surface area contributed by atoms with E-state index in [0.717, 1.165) is 0 Å². The lowest BCUT2D eigenvalue weighted by atomic mass is 10.0. The smallest absolute Gasteiger partial charge is 0.259 e. The van der Waals surface area contributed by atoms with E-state index in [9.17, 15) is 9.59 Å². The quantitative estimate of drug-likeness (QED) is 0.842. The predicted octanol–water partition coefficient (Wildman–Crippen LogP) is 3.43. The molecule has 2 heterocycles. The van der Waals surface area contributed by atoms with E-state index in [1.165, 1.54) is 13.3 Å².